The monoisotopic (exact) mass is 445 g/mol. The summed E-state index contributed by atoms with van der Waals surface area (Å²) in [4.78, 5) is 25.5. The Kier molecular flexibility index (Phi) is 6.20. The summed E-state index contributed by atoms with van der Waals surface area (Å²) in [6.07, 6.45) is 0. The summed E-state index contributed by atoms with van der Waals surface area (Å²) in [6.45, 7) is 9.79. The van der Waals surface area contributed by atoms with Crippen LogP contribution in [-0.4, -0.2) is 54.6 Å². The number of sulfonamides is 1. The minimum Gasteiger partial charge on any atom is -0.336 e. The van der Waals surface area contributed by atoms with Gasteiger partial charge in [-0.3, -0.25) is 14.9 Å². The molecule has 1 saturated heterocycles. The standard InChI is InChI=1S/C22H27N3O5S/c1-14-13-15(2)17(4)21(16(14)3)31(29,30)24-11-9-23(10-12-24)22(26)19-7-6-8-20(18(19)5)25(27)28/h6-8,13H,9-12H2,1-5H3. The first-order chi connectivity index (χ1) is 14.5. The molecule has 1 fully saturated rings. The highest BCUT2D eigenvalue weighted by Crippen LogP contribution is 2.30. The molecular formula is C22H27N3O5S. The fourth-order valence-corrected chi connectivity index (χ4v) is 6.05. The number of hydrogen-bond donors (Lipinski definition) is 0. The second-order valence-corrected chi connectivity index (χ2v) is 9.87. The summed E-state index contributed by atoms with van der Waals surface area (Å²) < 4.78 is 28.2. The Bertz CT molecular complexity index is 1140. The predicted molar refractivity (Wildman–Crippen MR) is 118 cm³/mol. The molecular weight excluding hydrogens is 418 g/mol. The maximum atomic E-state index is 13.4. The summed E-state index contributed by atoms with van der Waals surface area (Å²) in [5.41, 5.74) is 3.82. The normalized spacial score (nSPS) is 15.2. The van der Waals surface area contributed by atoms with Crippen molar-refractivity contribution in [3.63, 3.8) is 0 Å². The summed E-state index contributed by atoms with van der Waals surface area (Å²) in [7, 11) is -3.70. The lowest BCUT2D eigenvalue weighted by Crippen LogP contribution is -2.50. The van der Waals surface area contributed by atoms with E-state index >= 15 is 0 Å². The number of nitro benzene ring substituents is 1. The minimum absolute atomic E-state index is 0.104. The molecule has 0 unspecified atom stereocenters. The van der Waals surface area contributed by atoms with Crippen LogP contribution in [-0.2, 0) is 10.0 Å². The van der Waals surface area contributed by atoms with Gasteiger partial charge in [0.2, 0.25) is 10.0 Å². The Balaban J connectivity index is 1.83. The molecule has 0 spiro atoms. The van der Waals surface area contributed by atoms with Crippen molar-refractivity contribution >= 4 is 21.6 Å². The van der Waals surface area contributed by atoms with Crippen LogP contribution in [0.2, 0.25) is 0 Å². The lowest BCUT2D eigenvalue weighted by Gasteiger charge is -2.35. The van der Waals surface area contributed by atoms with Gasteiger partial charge in [-0.05, 0) is 62.9 Å². The maximum Gasteiger partial charge on any atom is 0.273 e. The molecule has 9 heteroatoms. The molecule has 3 rings (SSSR count). The van der Waals surface area contributed by atoms with E-state index in [9.17, 15) is 23.3 Å². The van der Waals surface area contributed by atoms with Gasteiger partial charge in [0.05, 0.1) is 9.82 Å². The predicted octanol–water partition coefficient (Wildman–Crippen LogP) is 3.28. The molecule has 0 bridgehead atoms. The molecule has 0 N–H and O–H groups in total. The molecule has 166 valence electrons. The van der Waals surface area contributed by atoms with E-state index in [4.69, 9.17) is 0 Å². The molecule has 0 saturated carbocycles. The van der Waals surface area contributed by atoms with Gasteiger partial charge >= 0.3 is 0 Å². The highest BCUT2D eigenvalue weighted by Gasteiger charge is 2.33. The Hall–Kier alpha value is -2.78. The van der Waals surface area contributed by atoms with Crippen LogP contribution >= 0.6 is 0 Å². The van der Waals surface area contributed by atoms with Crippen LogP contribution in [0.5, 0.6) is 0 Å². The van der Waals surface area contributed by atoms with Crippen molar-refractivity contribution in [3.8, 4) is 0 Å². The number of benzene rings is 2. The van der Waals surface area contributed by atoms with Crippen LogP contribution in [0.15, 0.2) is 29.2 Å². The first-order valence-corrected chi connectivity index (χ1v) is 11.5. The highest BCUT2D eigenvalue weighted by atomic mass is 32.2. The van der Waals surface area contributed by atoms with E-state index in [1.807, 2.05) is 33.8 Å². The van der Waals surface area contributed by atoms with Crippen molar-refractivity contribution in [2.75, 3.05) is 26.2 Å². The van der Waals surface area contributed by atoms with Gasteiger partial charge in [-0.2, -0.15) is 4.31 Å². The molecule has 2 aromatic rings. The largest absolute Gasteiger partial charge is 0.336 e. The van der Waals surface area contributed by atoms with Crippen molar-refractivity contribution in [1.29, 1.82) is 0 Å². The van der Waals surface area contributed by atoms with Crippen LogP contribution in [0.25, 0.3) is 0 Å². The van der Waals surface area contributed by atoms with Crippen LogP contribution in [0.3, 0.4) is 0 Å². The molecule has 31 heavy (non-hydrogen) atoms. The van der Waals surface area contributed by atoms with E-state index in [1.165, 1.54) is 16.4 Å². The fourth-order valence-electron chi connectivity index (χ4n) is 4.05. The first-order valence-electron chi connectivity index (χ1n) is 10.1. The van der Waals surface area contributed by atoms with E-state index in [0.717, 1.165) is 22.3 Å². The molecule has 0 aromatic heterocycles. The fraction of sp³-hybridized carbons (Fsp3) is 0.409. The average Bonchev–Trinajstić information content (AvgIpc) is 2.72. The van der Waals surface area contributed by atoms with Gasteiger partial charge < -0.3 is 4.90 Å². The van der Waals surface area contributed by atoms with Crippen LogP contribution < -0.4 is 0 Å². The summed E-state index contributed by atoms with van der Waals surface area (Å²) in [6, 6.07) is 6.41. The zero-order chi connectivity index (χ0) is 23.1. The molecule has 0 atom stereocenters. The third-order valence-electron chi connectivity index (χ3n) is 6.15. The SMILES string of the molecule is Cc1cc(C)c(C)c(S(=O)(=O)N2CCN(C(=O)c3cccc([N+](=O)[O-])c3C)CC2)c1C. The van der Waals surface area contributed by atoms with Crippen LogP contribution in [0.4, 0.5) is 5.69 Å². The molecule has 1 amide bonds. The Morgan fingerprint density at radius 1 is 0.935 bits per heavy atom. The number of nitro groups is 1. The maximum absolute atomic E-state index is 13.4. The van der Waals surface area contributed by atoms with E-state index in [-0.39, 0.29) is 43.3 Å². The number of piperazine rings is 1. The first kappa shape index (κ1) is 22.9. The summed E-state index contributed by atoms with van der Waals surface area (Å²) in [5.74, 6) is -0.322. The summed E-state index contributed by atoms with van der Waals surface area (Å²) >= 11 is 0. The number of amides is 1. The van der Waals surface area contributed by atoms with Crippen molar-refractivity contribution < 1.29 is 18.1 Å². The Morgan fingerprint density at radius 3 is 2.00 bits per heavy atom. The molecule has 8 nitrogen and oxygen atoms in total. The van der Waals surface area contributed by atoms with Crippen molar-refractivity contribution in [2.45, 2.75) is 39.5 Å². The lowest BCUT2D eigenvalue weighted by atomic mass is 10.0. The molecule has 1 aliphatic heterocycles. The van der Waals surface area contributed by atoms with Gasteiger partial charge in [-0.1, -0.05) is 12.1 Å². The van der Waals surface area contributed by atoms with Gasteiger partial charge in [-0.15, -0.1) is 0 Å². The number of carbonyl (C=O) groups is 1. The van der Waals surface area contributed by atoms with E-state index < -0.39 is 14.9 Å². The molecule has 1 aliphatic rings. The third kappa shape index (κ3) is 4.07. The average molecular weight is 446 g/mol. The van der Waals surface area contributed by atoms with Gasteiger partial charge in [0.1, 0.15) is 0 Å². The number of carbonyl (C=O) groups excluding carboxylic acids is 1. The number of aryl methyl sites for hydroxylation is 2. The zero-order valence-corrected chi connectivity index (χ0v) is 19.2. The second kappa shape index (κ2) is 8.39. The van der Waals surface area contributed by atoms with Gasteiger partial charge in [-0.25, -0.2) is 8.42 Å². The van der Waals surface area contributed by atoms with Gasteiger partial charge in [0.25, 0.3) is 11.6 Å². The third-order valence-corrected chi connectivity index (χ3v) is 8.33. The smallest absolute Gasteiger partial charge is 0.273 e. The quantitative estimate of drug-likeness (QED) is 0.531. The van der Waals surface area contributed by atoms with Crippen molar-refractivity contribution in [3.05, 3.63) is 67.8 Å². The Morgan fingerprint density at radius 2 is 1.48 bits per heavy atom. The van der Waals surface area contributed by atoms with Gasteiger partial charge in [0.15, 0.2) is 0 Å². The van der Waals surface area contributed by atoms with Crippen molar-refractivity contribution in [2.24, 2.45) is 0 Å². The van der Waals surface area contributed by atoms with Crippen LogP contribution in [0.1, 0.15) is 38.2 Å². The van der Waals surface area contributed by atoms with E-state index in [2.05, 4.69) is 0 Å². The number of hydrogen-bond acceptors (Lipinski definition) is 5. The molecule has 0 radical (unpaired) electrons. The molecule has 1 heterocycles. The lowest BCUT2D eigenvalue weighted by molar-refractivity contribution is -0.385. The zero-order valence-electron chi connectivity index (χ0n) is 18.4. The number of nitrogens with zero attached hydrogens (tertiary/aromatic N) is 3. The minimum atomic E-state index is -3.70. The highest BCUT2D eigenvalue weighted by molar-refractivity contribution is 7.89. The summed E-state index contributed by atoms with van der Waals surface area (Å²) in [5, 5.41) is 11.2. The number of rotatable bonds is 4. The molecule has 0 aliphatic carbocycles. The second-order valence-electron chi connectivity index (χ2n) is 7.99. The molecule has 2 aromatic carbocycles. The van der Waals surface area contributed by atoms with E-state index in [0.29, 0.717) is 10.5 Å². The van der Waals surface area contributed by atoms with E-state index in [1.54, 1.807) is 17.9 Å². The Labute approximate surface area is 182 Å². The van der Waals surface area contributed by atoms with Crippen LogP contribution in [0, 0.1) is 44.7 Å². The topological polar surface area (TPSA) is 101 Å². The van der Waals surface area contributed by atoms with Gasteiger partial charge in [0, 0.05) is 43.4 Å². The van der Waals surface area contributed by atoms with Crippen molar-refractivity contribution in [1.82, 2.24) is 9.21 Å².